The van der Waals surface area contributed by atoms with E-state index >= 15 is 0 Å². The molecule has 2 heteroatoms. The largest absolute Gasteiger partial charge is 0.179 e. The molecule has 2 rings (SSSR count). The van der Waals surface area contributed by atoms with E-state index in [1.54, 1.807) is 0 Å². The summed E-state index contributed by atoms with van der Waals surface area (Å²) in [5.74, 6) is 2.06. The molecule has 0 aliphatic heterocycles. The standard InChI is InChI=1S/C9H16S2/c10-4-3-9-2-1-7(6-9)5-8(9)11/h7-8,10-11H,1-6H2. The lowest BCUT2D eigenvalue weighted by molar-refractivity contribution is 0.299. The Hall–Kier alpha value is 0.700. The van der Waals surface area contributed by atoms with Crippen molar-refractivity contribution in [3.05, 3.63) is 0 Å². The third kappa shape index (κ3) is 1.23. The normalized spacial score (nSPS) is 48.5. The van der Waals surface area contributed by atoms with E-state index in [4.69, 9.17) is 0 Å². The molecule has 0 radical (unpaired) electrons. The van der Waals surface area contributed by atoms with Crippen molar-refractivity contribution in [2.75, 3.05) is 5.75 Å². The lowest BCUT2D eigenvalue weighted by Crippen LogP contribution is -2.26. The highest BCUT2D eigenvalue weighted by Gasteiger charge is 2.49. The van der Waals surface area contributed by atoms with Crippen molar-refractivity contribution in [1.82, 2.24) is 0 Å². The zero-order chi connectivity index (χ0) is 7.90. The van der Waals surface area contributed by atoms with Crippen molar-refractivity contribution in [3.8, 4) is 0 Å². The quantitative estimate of drug-likeness (QED) is 0.612. The molecule has 0 N–H and O–H groups in total. The van der Waals surface area contributed by atoms with Crippen molar-refractivity contribution in [1.29, 1.82) is 0 Å². The molecule has 0 heterocycles. The van der Waals surface area contributed by atoms with Crippen LogP contribution < -0.4 is 0 Å². The molecule has 0 aromatic heterocycles. The van der Waals surface area contributed by atoms with Gasteiger partial charge in [-0.25, -0.2) is 0 Å². The van der Waals surface area contributed by atoms with Gasteiger partial charge in [-0.2, -0.15) is 25.3 Å². The summed E-state index contributed by atoms with van der Waals surface area (Å²) in [5.41, 5.74) is 0.607. The molecule has 2 aliphatic rings. The second kappa shape index (κ2) is 2.88. The van der Waals surface area contributed by atoms with Crippen LogP contribution in [0.1, 0.15) is 32.1 Å². The topological polar surface area (TPSA) is 0 Å². The van der Waals surface area contributed by atoms with E-state index in [0.717, 1.165) is 11.7 Å². The van der Waals surface area contributed by atoms with Crippen LogP contribution >= 0.6 is 25.3 Å². The van der Waals surface area contributed by atoms with Crippen LogP contribution in [-0.2, 0) is 0 Å². The van der Waals surface area contributed by atoms with Crippen LogP contribution in [0.4, 0.5) is 0 Å². The second-order valence-electron chi connectivity index (χ2n) is 4.20. The minimum atomic E-state index is 0.607. The summed E-state index contributed by atoms with van der Waals surface area (Å²) < 4.78 is 0. The predicted octanol–water partition coefficient (Wildman–Crippen LogP) is 2.79. The van der Waals surface area contributed by atoms with Crippen molar-refractivity contribution in [2.45, 2.75) is 37.4 Å². The van der Waals surface area contributed by atoms with Gasteiger partial charge in [-0.1, -0.05) is 0 Å². The summed E-state index contributed by atoms with van der Waals surface area (Å²) in [5, 5.41) is 0.688. The van der Waals surface area contributed by atoms with Gasteiger partial charge in [0.05, 0.1) is 0 Å². The van der Waals surface area contributed by atoms with Crippen LogP contribution in [0.5, 0.6) is 0 Å². The van der Waals surface area contributed by atoms with Gasteiger partial charge in [0.1, 0.15) is 0 Å². The van der Waals surface area contributed by atoms with Gasteiger partial charge in [0.25, 0.3) is 0 Å². The van der Waals surface area contributed by atoms with Gasteiger partial charge in [-0.15, -0.1) is 0 Å². The molecule has 64 valence electrons. The molecule has 0 aromatic rings. The molecule has 3 atom stereocenters. The fourth-order valence-corrected chi connectivity index (χ4v) is 4.06. The monoisotopic (exact) mass is 188 g/mol. The first kappa shape index (κ1) is 8.31. The Labute approximate surface area is 80.0 Å². The summed E-state index contributed by atoms with van der Waals surface area (Å²) in [6.45, 7) is 0. The highest BCUT2D eigenvalue weighted by molar-refractivity contribution is 7.81. The van der Waals surface area contributed by atoms with Crippen LogP contribution in [-0.4, -0.2) is 11.0 Å². The maximum Gasteiger partial charge on any atom is 0.00763 e. The van der Waals surface area contributed by atoms with Crippen molar-refractivity contribution in [3.63, 3.8) is 0 Å². The first-order chi connectivity index (χ1) is 5.27. The summed E-state index contributed by atoms with van der Waals surface area (Å²) >= 11 is 9.01. The molecule has 0 aromatic carbocycles. The first-order valence-electron chi connectivity index (χ1n) is 4.56. The highest BCUT2D eigenvalue weighted by atomic mass is 32.1. The van der Waals surface area contributed by atoms with E-state index in [0.29, 0.717) is 10.7 Å². The zero-order valence-electron chi connectivity index (χ0n) is 6.79. The van der Waals surface area contributed by atoms with Gasteiger partial charge < -0.3 is 0 Å². The number of hydrogen-bond acceptors (Lipinski definition) is 2. The predicted molar refractivity (Wildman–Crippen MR) is 55.6 cm³/mol. The van der Waals surface area contributed by atoms with Crippen LogP contribution in [0.15, 0.2) is 0 Å². The molecule has 11 heavy (non-hydrogen) atoms. The van der Waals surface area contributed by atoms with Gasteiger partial charge in [-0.05, 0) is 49.2 Å². The molecule has 0 spiro atoms. The average molecular weight is 188 g/mol. The van der Waals surface area contributed by atoms with Gasteiger partial charge in [0.15, 0.2) is 0 Å². The fourth-order valence-electron chi connectivity index (χ4n) is 2.96. The average Bonchev–Trinajstić information content (AvgIpc) is 2.45. The molecule has 2 bridgehead atoms. The third-order valence-electron chi connectivity index (χ3n) is 3.62. The van der Waals surface area contributed by atoms with E-state index in [1.807, 2.05) is 0 Å². The second-order valence-corrected chi connectivity index (χ2v) is 5.27. The van der Waals surface area contributed by atoms with Gasteiger partial charge in [0, 0.05) is 5.25 Å². The van der Waals surface area contributed by atoms with Crippen molar-refractivity contribution >= 4 is 25.3 Å². The van der Waals surface area contributed by atoms with Crippen LogP contribution in [0.25, 0.3) is 0 Å². The summed E-state index contributed by atoms with van der Waals surface area (Å²) in [7, 11) is 0. The van der Waals surface area contributed by atoms with Crippen LogP contribution in [0, 0.1) is 11.3 Å². The van der Waals surface area contributed by atoms with Gasteiger partial charge >= 0.3 is 0 Å². The lowest BCUT2D eigenvalue weighted by Gasteiger charge is -2.31. The van der Waals surface area contributed by atoms with E-state index < -0.39 is 0 Å². The van der Waals surface area contributed by atoms with Gasteiger partial charge in [0.2, 0.25) is 0 Å². The summed E-state index contributed by atoms with van der Waals surface area (Å²) in [6, 6.07) is 0. The minimum Gasteiger partial charge on any atom is -0.179 e. The first-order valence-corrected chi connectivity index (χ1v) is 5.71. The Kier molecular flexibility index (Phi) is 2.17. The van der Waals surface area contributed by atoms with Gasteiger partial charge in [-0.3, -0.25) is 0 Å². The maximum atomic E-state index is 4.68. The smallest absolute Gasteiger partial charge is 0.00763 e. The number of rotatable bonds is 2. The van der Waals surface area contributed by atoms with Crippen molar-refractivity contribution < 1.29 is 0 Å². The van der Waals surface area contributed by atoms with Crippen LogP contribution in [0.2, 0.25) is 0 Å². The molecular formula is C9H16S2. The van der Waals surface area contributed by atoms with E-state index in [2.05, 4.69) is 25.3 Å². The minimum absolute atomic E-state index is 0.607. The number of fused-ring (bicyclic) bond motifs is 2. The third-order valence-corrected chi connectivity index (χ3v) is 4.60. The van der Waals surface area contributed by atoms with E-state index in [-0.39, 0.29) is 0 Å². The molecular weight excluding hydrogens is 172 g/mol. The van der Waals surface area contributed by atoms with E-state index in [9.17, 15) is 0 Å². The molecule has 0 amide bonds. The number of thiol groups is 2. The van der Waals surface area contributed by atoms with E-state index in [1.165, 1.54) is 32.1 Å². The SMILES string of the molecule is SCCC12CCC(CC1S)C2. The molecule has 3 unspecified atom stereocenters. The maximum absolute atomic E-state index is 4.68. The highest BCUT2D eigenvalue weighted by Crippen LogP contribution is 2.58. The Morgan fingerprint density at radius 1 is 1.45 bits per heavy atom. The Bertz CT molecular complexity index is 158. The molecule has 2 fully saturated rings. The summed E-state index contributed by atoms with van der Waals surface area (Å²) in [6.07, 6.45) is 7.00. The molecule has 2 aliphatic carbocycles. The Morgan fingerprint density at radius 2 is 2.27 bits per heavy atom. The van der Waals surface area contributed by atoms with Crippen LogP contribution in [0.3, 0.4) is 0 Å². The summed E-state index contributed by atoms with van der Waals surface area (Å²) in [4.78, 5) is 0. The zero-order valence-corrected chi connectivity index (χ0v) is 8.58. The molecule has 0 nitrogen and oxygen atoms in total. The van der Waals surface area contributed by atoms with Crippen molar-refractivity contribution in [2.24, 2.45) is 11.3 Å². The fraction of sp³-hybridized carbons (Fsp3) is 1.00. The lowest BCUT2D eigenvalue weighted by atomic mass is 9.81. The Balaban J connectivity index is 2.10. The molecule has 0 saturated heterocycles. The Morgan fingerprint density at radius 3 is 2.73 bits per heavy atom. The number of hydrogen-bond donors (Lipinski definition) is 2. The molecule has 2 saturated carbocycles.